The number of nitrogens with one attached hydrogen (secondary N) is 1. The maximum Gasteiger partial charge on any atom is 0.277 e. The van der Waals surface area contributed by atoms with E-state index in [-0.39, 0.29) is 5.91 Å². The van der Waals surface area contributed by atoms with Crippen LogP contribution in [0.5, 0.6) is 0 Å². The predicted molar refractivity (Wildman–Crippen MR) is 63.2 cm³/mol. The molecule has 0 aromatic heterocycles. The van der Waals surface area contributed by atoms with Crippen LogP contribution in [-0.4, -0.2) is 46.9 Å². The lowest BCUT2D eigenvalue weighted by Gasteiger charge is -2.40. The van der Waals surface area contributed by atoms with Gasteiger partial charge in [0.15, 0.2) is 4.87 Å². The number of hydrogen-bond acceptors (Lipinski definition) is 4. The summed E-state index contributed by atoms with van der Waals surface area (Å²) in [5, 5.41) is 4.21. The zero-order valence-corrected chi connectivity index (χ0v) is 10.1. The van der Waals surface area contributed by atoms with Crippen LogP contribution in [0.4, 0.5) is 0 Å². The Balaban J connectivity index is 2.18. The second-order valence-corrected chi connectivity index (χ2v) is 5.38. The van der Waals surface area contributed by atoms with E-state index >= 15 is 0 Å². The van der Waals surface area contributed by atoms with Crippen molar-refractivity contribution in [2.24, 2.45) is 4.99 Å². The highest BCUT2D eigenvalue weighted by Crippen LogP contribution is 2.40. The van der Waals surface area contributed by atoms with Crippen LogP contribution < -0.4 is 5.32 Å². The van der Waals surface area contributed by atoms with E-state index in [1.807, 2.05) is 6.92 Å². The molecule has 1 N–H and O–H groups in total. The number of hydrogen-bond donors (Lipinski definition) is 1. The summed E-state index contributed by atoms with van der Waals surface area (Å²) in [6, 6.07) is 0. The largest absolute Gasteiger partial charge is 0.314 e. The molecule has 2 heterocycles. The van der Waals surface area contributed by atoms with Crippen LogP contribution in [0.15, 0.2) is 4.99 Å². The molecule has 1 amide bonds. The highest BCUT2D eigenvalue weighted by Gasteiger charge is 2.47. The third-order valence-corrected chi connectivity index (χ3v) is 4.46. The van der Waals surface area contributed by atoms with Crippen molar-refractivity contribution in [3.05, 3.63) is 0 Å². The van der Waals surface area contributed by atoms with E-state index < -0.39 is 4.87 Å². The highest BCUT2D eigenvalue weighted by atomic mass is 32.2. The third-order valence-electron chi connectivity index (χ3n) is 3.02. The minimum Gasteiger partial charge on any atom is -0.314 e. The van der Waals surface area contributed by atoms with Gasteiger partial charge in [-0.3, -0.25) is 9.69 Å². The molecule has 0 saturated carbocycles. The molecular weight excluding hydrogens is 210 g/mol. The van der Waals surface area contributed by atoms with Gasteiger partial charge in [0.1, 0.15) is 0 Å². The number of carbonyl (C=O) groups excluding carboxylic acids is 1. The normalized spacial score (nSPS) is 33.2. The van der Waals surface area contributed by atoms with E-state index in [9.17, 15) is 4.79 Å². The zero-order valence-electron chi connectivity index (χ0n) is 9.25. The van der Waals surface area contributed by atoms with Gasteiger partial charge in [-0.05, 0) is 13.3 Å². The summed E-state index contributed by atoms with van der Waals surface area (Å²) in [6.45, 7) is 7.80. The lowest BCUT2D eigenvalue weighted by atomic mass is 10.1. The number of rotatable bonds is 2. The summed E-state index contributed by atoms with van der Waals surface area (Å²) in [7, 11) is 0. The molecule has 0 aliphatic carbocycles. The van der Waals surface area contributed by atoms with Crippen LogP contribution in [0.3, 0.4) is 0 Å². The number of nitrogens with zero attached hydrogens (tertiary/aromatic N) is 2. The topological polar surface area (TPSA) is 44.7 Å². The molecule has 1 fully saturated rings. The van der Waals surface area contributed by atoms with Crippen molar-refractivity contribution in [2.45, 2.75) is 25.1 Å². The Hall–Kier alpha value is -0.390. The summed E-state index contributed by atoms with van der Waals surface area (Å²) < 4.78 is 0. The maximum atomic E-state index is 12.0. The Morgan fingerprint density at radius 2 is 2.20 bits per heavy atom. The molecule has 2 rings (SSSR count). The molecular formula is C10H17N3OS. The molecule has 4 nitrogen and oxygen atoms in total. The smallest absolute Gasteiger partial charge is 0.277 e. The van der Waals surface area contributed by atoms with E-state index in [4.69, 9.17) is 0 Å². The van der Waals surface area contributed by atoms with Crippen LogP contribution in [-0.2, 0) is 4.79 Å². The summed E-state index contributed by atoms with van der Waals surface area (Å²) in [4.78, 5) is 17.9. The fraction of sp³-hybridized carbons (Fsp3) is 0.800. The number of carbonyl (C=O) groups is 1. The first-order valence-corrected chi connectivity index (χ1v) is 6.25. The van der Waals surface area contributed by atoms with Crippen molar-refractivity contribution >= 4 is 22.7 Å². The molecule has 2 aliphatic heterocycles. The number of amides is 1. The fourth-order valence-corrected chi connectivity index (χ4v) is 3.42. The van der Waals surface area contributed by atoms with Crippen LogP contribution in [0, 0.1) is 0 Å². The van der Waals surface area contributed by atoms with Crippen molar-refractivity contribution < 1.29 is 4.79 Å². The van der Waals surface area contributed by atoms with Crippen LogP contribution in [0.2, 0.25) is 0 Å². The van der Waals surface area contributed by atoms with Gasteiger partial charge in [0.25, 0.3) is 5.91 Å². The van der Waals surface area contributed by atoms with Gasteiger partial charge in [0.2, 0.25) is 0 Å². The second-order valence-electron chi connectivity index (χ2n) is 3.91. The van der Waals surface area contributed by atoms with Gasteiger partial charge < -0.3 is 5.32 Å². The van der Waals surface area contributed by atoms with E-state index in [2.05, 4.69) is 22.1 Å². The first kappa shape index (κ1) is 11.1. The minimum atomic E-state index is -0.397. The minimum absolute atomic E-state index is 0.0365. The monoisotopic (exact) mass is 227 g/mol. The van der Waals surface area contributed by atoms with Gasteiger partial charge in [-0.25, -0.2) is 4.99 Å². The van der Waals surface area contributed by atoms with Gasteiger partial charge in [-0.1, -0.05) is 18.7 Å². The van der Waals surface area contributed by atoms with Crippen molar-refractivity contribution in [1.82, 2.24) is 10.2 Å². The summed E-state index contributed by atoms with van der Waals surface area (Å²) in [5.41, 5.74) is 0. The molecule has 1 saturated heterocycles. The number of piperazine rings is 1. The van der Waals surface area contributed by atoms with Gasteiger partial charge in [0.05, 0.1) is 5.04 Å². The van der Waals surface area contributed by atoms with Crippen molar-refractivity contribution in [3.8, 4) is 0 Å². The summed E-state index contributed by atoms with van der Waals surface area (Å²) >= 11 is 1.63. The van der Waals surface area contributed by atoms with Gasteiger partial charge >= 0.3 is 0 Å². The molecule has 5 heteroatoms. The molecule has 1 unspecified atom stereocenters. The highest BCUT2D eigenvalue weighted by molar-refractivity contribution is 8.16. The Kier molecular flexibility index (Phi) is 3.13. The Morgan fingerprint density at radius 3 is 2.67 bits per heavy atom. The fourth-order valence-electron chi connectivity index (χ4n) is 2.21. The number of thioether (sulfide) groups is 1. The Labute approximate surface area is 94.5 Å². The average Bonchev–Trinajstić information content (AvgIpc) is 2.56. The SMILES string of the molecule is CCC1(N2CCNCC2)SC(C)=NC1=O. The molecule has 2 aliphatic rings. The summed E-state index contributed by atoms with van der Waals surface area (Å²) in [6.07, 6.45) is 0.831. The third kappa shape index (κ3) is 1.84. The maximum absolute atomic E-state index is 12.0. The molecule has 0 radical (unpaired) electrons. The second kappa shape index (κ2) is 4.23. The molecule has 84 valence electrons. The molecule has 0 bridgehead atoms. The summed E-state index contributed by atoms with van der Waals surface area (Å²) in [5.74, 6) is 0.0365. The van der Waals surface area contributed by atoms with Crippen LogP contribution in [0.1, 0.15) is 20.3 Å². The lowest BCUT2D eigenvalue weighted by Crippen LogP contribution is -2.56. The lowest BCUT2D eigenvalue weighted by molar-refractivity contribution is -0.124. The quantitative estimate of drug-likeness (QED) is 0.754. The first-order valence-electron chi connectivity index (χ1n) is 5.43. The average molecular weight is 227 g/mol. The predicted octanol–water partition coefficient (Wildman–Crippen LogP) is 0.690. The van der Waals surface area contributed by atoms with E-state index in [0.717, 1.165) is 37.6 Å². The van der Waals surface area contributed by atoms with E-state index in [1.165, 1.54) is 0 Å². The van der Waals surface area contributed by atoms with Crippen LogP contribution >= 0.6 is 11.8 Å². The Bertz CT molecular complexity index is 299. The van der Waals surface area contributed by atoms with Crippen molar-refractivity contribution in [2.75, 3.05) is 26.2 Å². The molecule has 0 aromatic rings. The number of aliphatic imine (C=N–C) groups is 1. The van der Waals surface area contributed by atoms with E-state index in [1.54, 1.807) is 11.8 Å². The first-order chi connectivity index (χ1) is 7.19. The zero-order chi connectivity index (χ0) is 10.9. The molecule has 1 atom stereocenters. The Morgan fingerprint density at radius 1 is 1.53 bits per heavy atom. The van der Waals surface area contributed by atoms with Crippen LogP contribution in [0.25, 0.3) is 0 Å². The van der Waals surface area contributed by atoms with E-state index in [0.29, 0.717) is 0 Å². The molecule has 15 heavy (non-hydrogen) atoms. The van der Waals surface area contributed by atoms with Gasteiger partial charge in [-0.15, -0.1) is 0 Å². The van der Waals surface area contributed by atoms with Gasteiger partial charge in [-0.2, -0.15) is 0 Å². The standard InChI is InChI=1S/C10H17N3OS/c1-3-10(9(14)12-8(2)15-10)13-6-4-11-5-7-13/h11H,3-7H2,1-2H3. The molecule has 0 aromatic carbocycles. The van der Waals surface area contributed by atoms with Crippen molar-refractivity contribution in [3.63, 3.8) is 0 Å². The van der Waals surface area contributed by atoms with Gasteiger partial charge in [0, 0.05) is 26.2 Å². The van der Waals surface area contributed by atoms with Crippen molar-refractivity contribution in [1.29, 1.82) is 0 Å². The molecule has 0 spiro atoms.